The van der Waals surface area contributed by atoms with Crippen LogP contribution in [0.4, 0.5) is 0 Å². The quantitative estimate of drug-likeness (QED) is 0.563. The van der Waals surface area contributed by atoms with E-state index in [1.807, 2.05) is 25.6 Å². The van der Waals surface area contributed by atoms with Crippen LogP contribution >= 0.6 is 11.8 Å². The molecule has 0 amide bonds. The second-order valence-electron chi connectivity index (χ2n) is 6.43. The number of hydrogen-bond acceptors (Lipinski definition) is 2. The number of phenols is 1. The van der Waals surface area contributed by atoms with Crippen molar-refractivity contribution in [2.45, 2.75) is 51.6 Å². The number of hydrogen-bond donors (Lipinski definition) is 1. The normalized spacial score (nSPS) is 11.7. The van der Waals surface area contributed by atoms with Crippen LogP contribution in [-0.2, 0) is 0 Å². The third-order valence-corrected chi connectivity index (χ3v) is 13.0. The van der Waals surface area contributed by atoms with Crippen molar-refractivity contribution in [3.8, 4) is 5.75 Å². The maximum absolute atomic E-state index is 10.1. The first-order valence-electron chi connectivity index (χ1n) is 8.43. The second kappa shape index (κ2) is 7.58. The van der Waals surface area contributed by atoms with Crippen molar-refractivity contribution in [2.24, 2.45) is 0 Å². The Balaban J connectivity index is 2.30. The molecule has 1 nitrogen and oxygen atoms in total. The summed E-state index contributed by atoms with van der Waals surface area (Å²) in [5, 5.41) is 12.9. The molecule has 2 aromatic carbocycles. The molecule has 3 heteroatoms. The van der Waals surface area contributed by atoms with Crippen LogP contribution in [0.3, 0.4) is 0 Å². The molecule has 0 aliphatic rings. The fourth-order valence-corrected chi connectivity index (χ4v) is 10.0. The zero-order chi connectivity index (χ0) is 17.0. The van der Waals surface area contributed by atoms with E-state index in [0.717, 1.165) is 11.1 Å². The molecular weight excluding hydrogens is 316 g/mol. The Bertz CT molecular complexity index is 663. The van der Waals surface area contributed by atoms with Gasteiger partial charge in [-0.1, -0.05) is 61.5 Å². The lowest BCUT2D eigenvalue weighted by Crippen LogP contribution is -2.49. The summed E-state index contributed by atoms with van der Waals surface area (Å²) in [5.74, 6) is 0.449. The van der Waals surface area contributed by atoms with E-state index >= 15 is 0 Å². The molecule has 124 valence electrons. The van der Waals surface area contributed by atoms with Gasteiger partial charge in [0.15, 0.2) is 0 Å². The predicted octanol–water partition coefficient (Wildman–Crippen LogP) is 5.34. The first-order chi connectivity index (χ1) is 10.9. The van der Waals surface area contributed by atoms with Crippen molar-refractivity contribution < 1.29 is 5.11 Å². The molecular formula is C20H28OSSi. The van der Waals surface area contributed by atoms with Crippen LogP contribution in [0.25, 0.3) is 0 Å². The van der Waals surface area contributed by atoms with E-state index in [-0.39, 0.29) is 0 Å². The number of aryl methyl sites for hydroxylation is 1. The molecule has 0 saturated heterocycles. The van der Waals surface area contributed by atoms with Gasteiger partial charge < -0.3 is 5.11 Å². The molecule has 23 heavy (non-hydrogen) atoms. The molecule has 2 aromatic rings. The molecule has 1 N–H and O–H groups in total. The van der Waals surface area contributed by atoms with E-state index < -0.39 is 8.07 Å². The van der Waals surface area contributed by atoms with Gasteiger partial charge in [0.05, 0.1) is 8.07 Å². The molecule has 0 fully saturated rings. The lowest BCUT2D eigenvalue weighted by atomic mass is 10.1. The van der Waals surface area contributed by atoms with Crippen LogP contribution in [0.1, 0.15) is 30.5 Å². The number of benzene rings is 2. The SMILES string of the molecule is CC[Si](CC)(CSc1cc(C)c(O)c(C)c1C)c1ccccc1. The number of rotatable bonds is 6. The molecule has 0 aromatic heterocycles. The van der Waals surface area contributed by atoms with Gasteiger partial charge >= 0.3 is 0 Å². The highest BCUT2D eigenvalue weighted by molar-refractivity contribution is 8.01. The molecule has 0 spiro atoms. The summed E-state index contributed by atoms with van der Waals surface area (Å²) in [5.41, 5.74) is 3.23. The maximum atomic E-state index is 10.1. The number of thioether (sulfide) groups is 1. The average molecular weight is 345 g/mol. The summed E-state index contributed by atoms with van der Waals surface area (Å²) in [6.07, 6.45) is 0. The van der Waals surface area contributed by atoms with E-state index in [4.69, 9.17) is 0 Å². The van der Waals surface area contributed by atoms with E-state index in [2.05, 4.69) is 57.2 Å². The molecule has 0 bridgehead atoms. The highest BCUT2D eigenvalue weighted by Gasteiger charge is 2.31. The van der Waals surface area contributed by atoms with E-state index in [1.165, 1.54) is 27.9 Å². The minimum atomic E-state index is -1.47. The first-order valence-corrected chi connectivity index (χ1v) is 12.0. The molecule has 0 heterocycles. The largest absolute Gasteiger partial charge is 0.507 e. The van der Waals surface area contributed by atoms with Crippen LogP contribution in [0, 0.1) is 20.8 Å². The highest BCUT2D eigenvalue weighted by atomic mass is 32.2. The third-order valence-electron chi connectivity index (χ3n) is 5.25. The second-order valence-corrected chi connectivity index (χ2v) is 12.9. The van der Waals surface area contributed by atoms with Crippen LogP contribution in [0.15, 0.2) is 41.3 Å². The molecule has 0 aliphatic carbocycles. The molecule has 0 saturated carbocycles. The molecule has 0 radical (unpaired) electrons. The highest BCUT2D eigenvalue weighted by Crippen LogP contribution is 2.35. The van der Waals surface area contributed by atoms with Crippen molar-refractivity contribution in [1.82, 2.24) is 0 Å². The standard InChI is InChI=1S/C20H28OSSi/c1-6-23(7-2,18-11-9-8-10-12-18)14-22-19-13-15(3)20(21)17(5)16(19)4/h8-13,21H,6-7,14H2,1-5H3. The fraction of sp³-hybridized carbons (Fsp3) is 0.400. The van der Waals surface area contributed by atoms with Gasteiger partial charge in [-0.25, -0.2) is 0 Å². The molecule has 0 aliphatic heterocycles. The van der Waals surface area contributed by atoms with Gasteiger partial charge in [0.2, 0.25) is 0 Å². The van der Waals surface area contributed by atoms with E-state index in [0.29, 0.717) is 5.75 Å². The Kier molecular flexibility index (Phi) is 5.98. The summed E-state index contributed by atoms with van der Waals surface area (Å²) in [4.78, 5) is 1.33. The molecule has 0 atom stereocenters. The molecule has 2 rings (SSSR count). The Hall–Kier alpha value is -1.19. The van der Waals surface area contributed by atoms with Gasteiger partial charge in [0.1, 0.15) is 5.75 Å². The van der Waals surface area contributed by atoms with Gasteiger partial charge in [0.25, 0.3) is 0 Å². The number of aromatic hydroxyl groups is 1. The maximum Gasteiger partial charge on any atom is 0.121 e. The van der Waals surface area contributed by atoms with Crippen molar-refractivity contribution >= 4 is 25.0 Å². The topological polar surface area (TPSA) is 20.2 Å². The van der Waals surface area contributed by atoms with Gasteiger partial charge in [-0.15, -0.1) is 11.8 Å². The predicted molar refractivity (Wildman–Crippen MR) is 106 cm³/mol. The summed E-state index contributed by atoms with van der Waals surface area (Å²) in [7, 11) is -1.47. The Labute approximate surface area is 146 Å². The Morgan fingerprint density at radius 2 is 1.57 bits per heavy atom. The average Bonchev–Trinajstić information content (AvgIpc) is 2.59. The van der Waals surface area contributed by atoms with Crippen LogP contribution in [-0.4, -0.2) is 18.6 Å². The zero-order valence-corrected chi connectivity index (χ0v) is 16.8. The van der Waals surface area contributed by atoms with Gasteiger partial charge in [-0.3, -0.25) is 0 Å². The minimum absolute atomic E-state index is 0.449. The minimum Gasteiger partial charge on any atom is -0.507 e. The summed E-state index contributed by atoms with van der Waals surface area (Å²) < 4.78 is 0. The van der Waals surface area contributed by atoms with E-state index in [9.17, 15) is 5.11 Å². The molecule has 0 unspecified atom stereocenters. The fourth-order valence-electron chi connectivity index (χ4n) is 3.13. The van der Waals surface area contributed by atoms with Gasteiger partial charge in [-0.2, -0.15) is 0 Å². The van der Waals surface area contributed by atoms with Crippen LogP contribution in [0.5, 0.6) is 5.75 Å². The lowest BCUT2D eigenvalue weighted by molar-refractivity contribution is 0.465. The van der Waals surface area contributed by atoms with Crippen molar-refractivity contribution in [3.63, 3.8) is 0 Å². The van der Waals surface area contributed by atoms with Crippen molar-refractivity contribution in [1.29, 1.82) is 0 Å². The Morgan fingerprint density at radius 3 is 2.13 bits per heavy atom. The smallest absolute Gasteiger partial charge is 0.121 e. The monoisotopic (exact) mass is 344 g/mol. The third kappa shape index (κ3) is 3.67. The van der Waals surface area contributed by atoms with Gasteiger partial charge in [-0.05, 0) is 48.9 Å². The summed E-state index contributed by atoms with van der Waals surface area (Å²) in [6.45, 7) is 10.8. The van der Waals surface area contributed by atoms with Crippen LogP contribution in [0.2, 0.25) is 12.1 Å². The zero-order valence-electron chi connectivity index (χ0n) is 14.9. The number of phenolic OH excluding ortho intramolecular Hbond substituents is 1. The van der Waals surface area contributed by atoms with E-state index in [1.54, 1.807) is 5.19 Å². The Morgan fingerprint density at radius 1 is 0.957 bits per heavy atom. The first kappa shape index (κ1) is 18.1. The summed E-state index contributed by atoms with van der Waals surface area (Å²) >= 11 is 1.99. The van der Waals surface area contributed by atoms with Gasteiger partial charge in [0, 0.05) is 4.90 Å². The van der Waals surface area contributed by atoms with Crippen molar-refractivity contribution in [2.75, 3.05) is 5.38 Å². The summed E-state index contributed by atoms with van der Waals surface area (Å²) in [6, 6.07) is 15.8. The lowest BCUT2D eigenvalue weighted by Gasteiger charge is -2.30. The van der Waals surface area contributed by atoms with Crippen molar-refractivity contribution in [3.05, 3.63) is 53.1 Å². The van der Waals surface area contributed by atoms with Crippen LogP contribution < -0.4 is 5.19 Å².